The number of ether oxygens (including phenoxy) is 2. The van der Waals surface area contributed by atoms with Gasteiger partial charge in [0, 0.05) is 51.7 Å². The average molecular weight is 304 g/mol. The van der Waals surface area contributed by atoms with Crippen molar-refractivity contribution in [1.82, 2.24) is 9.88 Å². The van der Waals surface area contributed by atoms with Crippen LogP contribution in [0.5, 0.6) is 0 Å². The Bertz CT molecular complexity index is 500. The summed E-state index contributed by atoms with van der Waals surface area (Å²) in [5.41, 5.74) is 1.16. The summed E-state index contributed by atoms with van der Waals surface area (Å²) in [6.45, 7) is 3.95. The first-order valence-corrected chi connectivity index (χ1v) is 7.97. The lowest BCUT2D eigenvalue weighted by molar-refractivity contribution is -0.130. The fourth-order valence-electron chi connectivity index (χ4n) is 3.79. The largest absolute Gasteiger partial charge is 0.384 e. The third-order valence-corrected chi connectivity index (χ3v) is 5.10. The summed E-state index contributed by atoms with van der Waals surface area (Å²) in [4.78, 5) is 18.7. The Labute approximate surface area is 131 Å². The molecule has 2 aliphatic rings. The van der Waals surface area contributed by atoms with E-state index in [1.807, 2.05) is 17.0 Å². The van der Waals surface area contributed by atoms with E-state index in [0.29, 0.717) is 12.3 Å². The predicted molar refractivity (Wildman–Crippen MR) is 82.4 cm³/mol. The van der Waals surface area contributed by atoms with Crippen molar-refractivity contribution < 1.29 is 14.3 Å². The topological polar surface area (TPSA) is 51.7 Å². The first kappa shape index (κ1) is 15.4. The average Bonchev–Trinajstić information content (AvgIpc) is 2.88. The molecular weight excluding hydrogens is 280 g/mol. The summed E-state index contributed by atoms with van der Waals surface area (Å²) in [7, 11) is 1.74. The summed E-state index contributed by atoms with van der Waals surface area (Å²) in [5.74, 6) is 0.608. The lowest BCUT2D eigenvalue weighted by atomic mass is 9.72. The van der Waals surface area contributed by atoms with Crippen LogP contribution in [0.3, 0.4) is 0 Å². The van der Waals surface area contributed by atoms with E-state index in [9.17, 15) is 4.79 Å². The molecule has 2 aliphatic heterocycles. The molecule has 2 saturated heterocycles. The van der Waals surface area contributed by atoms with E-state index in [-0.39, 0.29) is 11.3 Å². The summed E-state index contributed by atoms with van der Waals surface area (Å²) < 4.78 is 10.9. The van der Waals surface area contributed by atoms with Crippen molar-refractivity contribution >= 4 is 5.91 Å². The molecule has 3 rings (SSSR count). The Balaban J connectivity index is 1.68. The van der Waals surface area contributed by atoms with Crippen LogP contribution in [0.25, 0.3) is 0 Å². The molecule has 0 saturated carbocycles. The third-order valence-electron chi connectivity index (χ3n) is 5.10. The molecule has 1 amide bonds. The maximum absolute atomic E-state index is 12.6. The van der Waals surface area contributed by atoms with E-state index in [1.165, 1.54) is 0 Å². The van der Waals surface area contributed by atoms with Gasteiger partial charge in [-0.25, -0.2) is 0 Å². The number of amides is 1. The minimum atomic E-state index is 0.179. The van der Waals surface area contributed by atoms with Gasteiger partial charge in [-0.15, -0.1) is 0 Å². The minimum Gasteiger partial charge on any atom is -0.384 e. The molecule has 5 heteroatoms. The second kappa shape index (κ2) is 6.75. The van der Waals surface area contributed by atoms with E-state index in [4.69, 9.17) is 9.47 Å². The van der Waals surface area contributed by atoms with Gasteiger partial charge in [-0.2, -0.15) is 0 Å². The Morgan fingerprint density at radius 2 is 2.32 bits per heavy atom. The van der Waals surface area contributed by atoms with E-state index in [2.05, 4.69) is 4.98 Å². The number of hydrogen-bond acceptors (Lipinski definition) is 4. The molecular formula is C17H24N2O3. The molecule has 2 fully saturated rings. The number of likely N-dealkylation sites (tertiary alicyclic amines) is 1. The second-order valence-corrected chi connectivity index (χ2v) is 6.44. The summed E-state index contributed by atoms with van der Waals surface area (Å²) in [6.07, 6.45) is 5.98. The highest BCUT2D eigenvalue weighted by Crippen LogP contribution is 2.44. The lowest BCUT2D eigenvalue weighted by Gasteiger charge is -2.37. The van der Waals surface area contributed by atoms with E-state index < -0.39 is 0 Å². The lowest BCUT2D eigenvalue weighted by Crippen LogP contribution is -2.39. The zero-order valence-corrected chi connectivity index (χ0v) is 13.2. The number of methoxy groups -OCH3 is 1. The molecule has 22 heavy (non-hydrogen) atoms. The van der Waals surface area contributed by atoms with Gasteiger partial charge in [-0.3, -0.25) is 9.78 Å². The fourth-order valence-corrected chi connectivity index (χ4v) is 3.79. The standard InChI is InChI=1S/C17H24N2O3/c1-21-12-15-11-19(13-17(15)4-7-22-8-5-17)16(20)9-14-3-2-6-18-10-14/h2-3,6,10,15H,4-5,7-9,11-13H2,1H3. The van der Waals surface area contributed by atoms with Gasteiger partial charge in [-0.1, -0.05) is 6.07 Å². The normalized spacial score (nSPS) is 23.9. The molecule has 1 spiro atoms. The zero-order valence-electron chi connectivity index (χ0n) is 13.2. The van der Waals surface area contributed by atoms with Gasteiger partial charge in [0.2, 0.25) is 5.91 Å². The molecule has 3 heterocycles. The summed E-state index contributed by atoms with van der Waals surface area (Å²) in [6, 6.07) is 3.83. The number of pyridine rings is 1. The number of hydrogen-bond donors (Lipinski definition) is 0. The molecule has 1 unspecified atom stereocenters. The van der Waals surface area contributed by atoms with Crippen molar-refractivity contribution in [2.75, 3.05) is 40.0 Å². The van der Waals surface area contributed by atoms with Crippen molar-refractivity contribution in [3.63, 3.8) is 0 Å². The molecule has 0 radical (unpaired) electrons. The van der Waals surface area contributed by atoms with Crippen LogP contribution >= 0.6 is 0 Å². The third kappa shape index (κ3) is 3.15. The molecule has 1 atom stereocenters. The highest BCUT2D eigenvalue weighted by Gasteiger charge is 2.48. The van der Waals surface area contributed by atoms with Crippen LogP contribution in [-0.4, -0.2) is 55.8 Å². The molecule has 5 nitrogen and oxygen atoms in total. The van der Waals surface area contributed by atoms with Crippen LogP contribution < -0.4 is 0 Å². The van der Waals surface area contributed by atoms with Crippen LogP contribution in [0.1, 0.15) is 18.4 Å². The van der Waals surface area contributed by atoms with Crippen LogP contribution in [0.4, 0.5) is 0 Å². The molecule has 0 N–H and O–H groups in total. The minimum absolute atomic E-state index is 0.179. The quantitative estimate of drug-likeness (QED) is 0.846. The monoisotopic (exact) mass is 304 g/mol. The maximum atomic E-state index is 12.6. The van der Waals surface area contributed by atoms with Crippen molar-refractivity contribution in [2.24, 2.45) is 11.3 Å². The van der Waals surface area contributed by atoms with E-state index in [1.54, 1.807) is 19.5 Å². The first-order valence-electron chi connectivity index (χ1n) is 7.97. The second-order valence-electron chi connectivity index (χ2n) is 6.44. The molecule has 120 valence electrons. The van der Waals surface area contributed by atoms with Crippen LogP contribution in [0, 0.1) is 11.3 Å². The summed E-state index contributed by atoms with van der Waals surface area (Å²) >= 11 is 0. The van der Waals surface area contributed by atoms with Gasteiger partial charge in [-0.05, 0) is 29.9 Å². The van der Waals surface area contributed by atoms with Gasteiger partial charge in [0.25, 0.3) is 0 Å². The first-order chi connectivity index (χ1) is 10.7. The van der Waals surface area contributed by atoms with Gasteiger partial charge in [0.05, 0.1) is 13.0 Å². The van der Waals surface area contributed by atoms with E-state index >= 15 is 0 Å². The Morgan fingerprint density at radius 3 is 3.00 bits per heavy atom. The number of carbonyl (C=O) groups is 1. The van der Waals surface area contributed by atoms with Crippen LogP contribution in [0.15, 0.2) is 24.5 Å². The van der Waals surface area contributed by atoms with Crippen LogP contribution in [-0.2, 0) is 20.7 Å². The van der Waals surface area contributed by atoms with Gasteiger partial charge < -0.3 is 14.4 Å². The summed E-state index contributed by atoms with van der Waals surface area (Å²) in [5, 5.41) is 0. The highest BCUT2D eigenvalue weighted by atomic mass is 16.5. The zero-order chi connectivity index (χ0) is 15.4. The number of rotatable bonds is 4. The van der Waals surface area contributed by atoms with Crippen molar-refractivity contribution in [3.8, 4) is 0 Å². The molecule has 0 aromatic carbocycles. The van der Waals surface area contributed by atoms with Gasteiger partial charge >= 0.3 is 0 Å². The number of carbonyl (C=O) groups excluding carboxylic acids is 1. The molecule has 0 aliphatic carbocycles. The highest BCUT2D eigenvalue weighted by molar-refractivity contribution is 5.79. The van der Waals surface area contributed by atoms with Gasteiger partial charge in [0.15, 0.2) is 0 Å². The number of nitrogens with zero attached hydrogens (tertiary/aromatic N) is 2. The fraction of sp³-hybridized carbons (Fsp3) is 0.647. The van der Waals surface area contributed by atoms with Crippen molar-refractivity contribution in [3.05, 3.63) is 30.1 Å². The predicted octanol–water partition coefficient (Wildman–Crippen LogP) is 1.53. The van der Waals surface area contributed by atoms with Gasteiger partial charge in [0.1, 0.15) is 0 Å². The molecule has 1 aromatic heterocycles. The smallest absolute Gasteiger partial charge is 0.227 e. The molecule has 1 aromatic rings. The SMILES string of the molecule is COCC1CN(C(=O)Cc2cccnc2)CC12CCOCC2. The Morgan fingerprint density at radius 1 is 1.50 bits per heavy atom. The Kier molecular flexibility index (Phi) is 4.74. The number of aromatic nitrogens is 1. The Hall–Kier alpha value is -1.46. The molecule has 0 bridgehead atoms. The van der Waals surface area contributed by atoms with Crippen molar-refractivity contribution in [1.29, 1.82) is 0 Å². The van der Waals surface area contributed by atoms with Crippen molar-refractivity contribution in [2.45, 2.75) is 19.3 Å². The van der Waals surface area contributed by atoms with Crippen LogP contribution in [0.2, 0.25) is 0 Å². The van der Waals surface area contributed by atoms with E-state index in [0.717, 1.165) is 51.3 Å². The maximum Gasteiger partial charge on any atom is 0.227 e.